The van der Waals surface area contributed by atoms with E-state index in [1.54, 1.807) is 0 Å². The predicted octanol–water partition coefficient (Wildman–Crippen LogP) is 0.350. The molecule has 1 aliphatic heterocycles. The van der Waals surface area contributed by atoms with Gasteiger partial charge in [-0.3, -0.25) is 9.59 Å². The summed E-state index contributed by atoms with van der Waals surface area (Å²) in [7, 11) is 0. The lowest BCUT2D eigenvalue weighted by Crippen LogP contribution is -2.47. The van der Waals surface area contributed by atoms with Crippen molar-refractivity contribution in [2.24, 2.45) is 5.73 Å². The Morgan fingerprint density at radius 3 is 2.50 bits per heavy atom. The fourth-order valence-electron chi connectivity index (χ4n) is 1.71. The molecule has 1 saturated heterocycles. The molecule has 0 atom stereocenters. The molecule has 1 aromatic carbocycles. The highest BCUT2D eigenvalue weighted by molar-refractivity contribution is 7.80. The van der Waals surface area contributed by atoms with Crippen molar-refractivity contribution in [3.8, 4) is 0 Å². The van der Waals surface area contributed by atoms with Crippen LogP contribution in [0.2, 0.25) is 0 Å². The zero-order chi connectivity index (χ0) is 13.3. The molecular formula is C11H9FN2O3S. The average Bonchev–Trinajstić information content (AvgIpc) is 2.28. The largest absolute Gasteiger partial charge is 0.389 e. The van der Waals surface area contributed by atoms with Crippen molar-refractivity contribution < 1.29 is 18.7 Å². The Hall–Kier alpha value is -1.86. The van der Waals surface area contributed by atoms with Crippen LogP contribution in [0.3, 0.4) is 0 Å². The van der Waals surface area contributed by atoms with Gasteiger partial charge >= 0.3 is 0 Å². The molecule has 18 heavy (non-hydrogen) atoms. The van der Waals surface area contributed by atoms with Gasteiger partial charge in [0, 0.05) is 0 Å². The monoisotopic (exact) mass is 268 g/mol. The van der Waals surface area contributed by atoms with Crippen LogP contribution in [0.1, 0.15) is 5.56 Å². The van der Waals surface area contributed by atoms with Crippen LogP contribution in [0.25, 0.3) is 0 Å². The van der Waals surface area contributed by atoms with E-state index in [2.05, 4.69) is 0 Å². The van der Waals surface area contributed by atoms with Gasteiger partial charge in [-0.05, 0) is 12.1 Å². The summed E-state index contributed by atoms with van der Waals surface area (Å²) in [5.74, 6) is -1.82. The number of hydrogen-bond donors (Lipinski definition) is 1. The maximum atomic E-state index is 13.7. The number of hydrogen-bond acceptors (Lipinski definition) is 4. The number of imide groups is 1. The lowest BCUT2D eigenvalue weighted by molar-refractivity contribution is -0.138. The second-order valence-electron chi connectivity index (χ2n) is 3.61. The van der Waals surface area contributed by atoms with E-state index >= 15 is 0 Å². The standard InChI is InChI=1S/C11H9FN2O3S/c12-6-2-1-3-7(10(6)11(13)18)14-8(15)4-17-5-9(14)16/h1-3H,4-5H2,(H2,13,18). The van der Waals surface area contributed by atoms with Crippen molar-refractivity contribution in [3.63, 3.8) is 0 Å². The molecule has 0 unspecified atom stereocenters. The highest BCUT2D eigenvalue weighted by atomic mass is 32.1. The first-order valence-corrected chi connectivity index (χ1v) is 5.45. The Kier molecular flexibility index (Phi) is 3.35. The molecule has 0 bridgehead atoms. The summed E-state index contributed by atoms with van der Waals surface area (Å²) in [6, 6.07) is 3.95. The van der Waals surface area contributed by atoms with Crippen molar-refractivity contribution in [1.29, 1.82) is 0 Å². The number of morpholine rings is 1. The Morgan fingerprint density at radius 2 is 1.94 bits per heavy atom. The van der Waals surface area contributed by atoms with Gasteiger partial charge in [0.25, 0.3) is 11.8 Å². The third-order valence-corrected chi connectivity index (χ3v) is 2.63. The molecule has 1 heterocycles. The van der Waals surface area contributed by atoms with Crippen LogP contribution in [0.15, 0.2) is 18.2 Å². The minimum absolute atomic E-state index is 0.0563. The molecule has 0 aromatic heterocycles. The number of carbonyl (C=O) groups is 2. The Balaban J connectivity index is 2.56. The Labute approximate surface area is 107 Å². The number of amides is 2. The maximum Gasteiger partial charge on any atom is 0.259 e. The van der Waals surface area contributed by atoms with E-state index in [1.807, 2.05) is 0 Å². The molecule has 0 spiro atoms. The number of anilines is 1. The zero-order valence-electron chi connectivity index (χ0n) is 9.18. The molecule has 94 valence electrons. The van der Waals surface area contributed by atoms with Crippen LogP contribution in [-0.4, -0.2) is 30.0 Å². The molecular weight excluding hydrogens is 259 g/mol. The number of ether oxygens (including phenoxy) is 1. The van der Waals surface area contributed by atoms with Crippen LogP contribution in [0.5, 0.6) is 0 Å². The second kappa shape index (κ2) is 4.79. The quantitative estimate of drug-likeness (QED) is 0.619. The van der Waals surface area contributed by atoms with Gasteiger partial charge in [-0.25, -0.2) is 9.29 Å². The van der Waals surface area contributed by atoms with E-state index < -0.39 is 17.6 Å². The number of nitrogens with two attached hydrogens (primary N) is 1. The average molecular weight is 268 g/mol. The fraction of sp³-hybridized carbons (Fsp3) is 0.182. The smallest absolute Gasteiger partial charge is 0.259 e. The highest BCUT2D eigenvalue weighted by Gasteiger charge is 2.31. The van der Waals surface area contributed by atoms with Crippen molar-refractivity contribution in [2.75, 3.05) is 18.1 Å². The molecule has 1 fully saturated rings. The van der Waals surface area contributed by atoms with Gasteiger partial charge in [-0.2, -0.15) is 0 Å². The van der Waals surface area contributed by atoms with Crippen LogP contribution in [0.4, 0.5) is 10.1 Å². The molecule has 0 saturated carbocycles. The molecule has 2 amide bonds. The lowest BCUT2D eigenvalue weighted by Gasteiger charge is -2.26. The first kappa shape index (κ1) is 12.6. The first-order chi connectivity index (χ1) is 8.52. The SMILES string of the molecule is NC(=S)c1c(F)cccc1N1C(=O)COCC1=O. The van der Waals surface area contributed by atoms with Crippen molar-refractivity contribution in [1.82, 2.24) is 0 Å². The number of halogens is 1. The van der Waals surface area contributed by atoms with E-state index in [1.165, 1.54) is 12.1 Å². The number of nitrogens with zero attached hydrogens (tertiary/aromatic N) is 1. The van der Waals surface area contributed by atoms with Crippen LogP contribution in [-0.2, 0) is 14.3 Å². The molecule has 2 N–H and O–H groups in total. The fourth-order valence-corrected chi connectivity index (χ4v) is 1.91. The van der Waals surface area contributed by atoms with Crippen molar-refractivity contribution >= 4 is 34.7 Å². The molecule has 7 heteroatoms. The normalized spacial score (nSPS) is 15.9. The molecule has 1 aromatic rings. The summed E-state index contributed by atoms with van der Waals surface area (Å²) in [5, 5.41) is 0. The van der Waals surface area contributed by atoms with Gasteiger partial charge in [0.1, 0.15) is 24.0 Å². The summed E-state index contributed by atoms with van der Waals surface area (Å²) in [4.78, 5) is 24.0. The second-order valence-corrected chi connectivity index (χ2v) is 4.05. The van der Waals surface area contributed by atoms with Crippen LogP contribution in [0, 0.1) is 5.82 Å². The predicted molar refractivity (Wildman–Crippen MR) is 65.6 cm³/mol. The lowest BCUT2D eigenvalue weighted by atomic mass is 10.1. The molecule has 1 aliphatic rings. The summed E-state index contributed by atoms with van der Waals surface area (Å²) in [5.41, 5.74) is 5.37. The van der Waals surface area contributed by atoms with E-state index in [0.29, 0.717) is 0 Å². The topological polar surface area (TPSA) is 72.6 Å². The number of thiocarbonyl (C=S) groups is 1. The van der Waals surface area contributed by atoms with Gasteiger partial charge in [0.15, 0.2) is 0 Å². The minimum atomic E-state index is -0.674. The number of carbonyl (C=O) groups excluding carboxylic acids is 2. The third kappa shape index (κ3) is 2.09. The zero-order valence-corrected chi connectivity index (χ0v) is 10.00. The van der Waals surface area contributed by atoms with Gasteiger partial charge in [-0.15, -0.1) is 0 Å². The van der Waals surface area contributed by atoms with E-state index in [0.717, 1.165) is 11.0 Å². The summed E-state index contributed by atoms with van der Waals surface area (Å²) < 4.78 is 18.4. The molecule has 5 nitrogen and oxygen atoms in total. The first-order valence-electron chi connectivity index (χ1n) is 5.04. The molecule has 2 rings (SSSR count). The maximum absolute atomic E-state index is 13.7. The number of rotatable bonds is 2. The molecule has 0 radical (unpaired) electrons. The summed E-state index contributed by atoms with van der Waals surface area (Å²) in [6.45, 7) is -0.474. The van der Waals surface area contributed by atoms with Crippen LogP contribution >= 0.6 is 12.2 Å². The van der Waals surface area contributed by atoms with Crippen molar-refractivity contribution in [3.05, 3.63) is 29.6 Å². The van der Waals surface area contributed by atoms with Gasteiger partial charge < -0.3 is 10.5 Å². The summed E-state index contributed by atoms with van der Waals surface area (Å²) >= 11 is 4.74. The van der Waals surface area contributed by atoms with E-state index in [-0.39, 0.29) is 29.5 Å². The summed E-state index contributed by atoms with van der Waals surface area (Å²) in [6.07, 6.45) is 0. The third-order valence-electron chi connectivity index (χ3n) is 2.43. The van der Waals surface area contributed by atoms with Gasteiger partial charge in [0.2, 0.25) is 0 Å². The Bertz CT molecular complexity index is 531. The molecule has 0 aliphatic carbocycles. The van der Waals surface area contributed by atoms with Gasteiger partial charge in [-0.1, -0.05) is 18.3 Å². The number of benzene rings is 1. The minimum Gasteiger partial charge on any atom is -0.389 e. The Morgan fingerprint density at radius 1 is 1.33 bits per heavy atom. The van der Waals surface area contributed by atoms with Gasteiger partial charge in [0.05, 0.1) is 11.3 Å². The van der Waals surface area contributed by atoms with Crippen LogP contribution < -0.4 is 10.6 Å². The van der Waals surface area contributed by atoms with Crippen molar-refractivity contribution in [2.45, 2.75) is 0 Å². The highest BCUT2D eigenvalue weighted by Crippen LogP contribution is 2.25. The van der Waals surface area contributed by atoms with E-state index in [9.17, 15) is 14.0 Å². The van der Waals surface area contributed by atoms with E-state index in [4.69, 9.17) is 22.7 Å².